The standard InChI is InChI=1S/C14H27N/c1-2-15-14-10-6-5-9-13(14)11-12-7-3-4-8-12/h12-15H,2-11H2,1H3. The first-order valence-electron chi connectivity index (χ1n) is 7.13. The summed E-state index contributed by atoms with van der Waals surface area (Å²) in [7, 11) is 0. The van der Waals surface area contributed by atoms with E-state index >= 15 is 0 Å². The smallest absolute Gasteiger partial charge is 0.00953 e. The van der Waals surface area contributed by atoms with Gasteiger partial charge in [0.2, 0.25) is 0 Å². The molecule has 1 heteroatoms. The zero-order valence-corrected chi connectivity index (χ0v) is 10.3. The van der Waals surface area contributed by atoms with Gasteiger partial charge in [-0.3, -0.25) is 0 Å². The fourth-order valence-corrected chi connectivity index (χ4v) is 3.69. The SMILES string of the molecule is CCNC1CCCCC1CC1CCCC1. The van der Waals surface area contributed by atoms with E-state index in [0.29, 0.717) is 0 Å². The van der Waals surface area contributed by atoms with Crippen LogP contribution < -0.4 is 5.32 Å². The van der Waals surface area contributed by atoms with Crippen molar-refractivity contribution in [1.82, 2.24) is 5.32 Å². The highest BCUT2D eigenvalue weighted by Crippen LogP contribution is 2.36. The molecule has 15 heavy (non-hydrogen) atoms. The molecule has 0 heterocycles. The maximum absolute atomic E-state index is 3.71. The summed E-state index contributed by atoms with van der Waals surface area (Å²) in [6.45, 7) is 3.41. The maximum Gasteiger partial charge on any atom is 0.00953 e. The molecule has 0 amide bonds. The Morgan fingerprint density at radius 1 is 0.933 bits per heavy atom. The molecule has 2 aliphatic rings. The molecule has 88 valence electrons. The second-order valence-electron chi connectivity index (χ2n) is 5.59. The molecule has 2 aliphatic carbocycles. The van der Waals surface area contributed by atoms with Crippen molar-refractivity contribution in [3.8, 4) is 0 Å². The van der Waals surface area contributed by atoms with Crippen molar-refractivity contribution < 1.29 is 0 Å². The summed E-state index contributed by atoms with van der Waals surface area (Å²) < 4.78 is 0. The van der Waals surface area contributed by atoms with Gasteiger partial charge in [0.1, 0.15) is 0 Å². The highest BCUT2D eigenvalue weighted by molar-refractivity contribution is 4.83. The van der Waals surface area contributed by atoms with Crippen molar-refractivity contribution in [3.63, 3.8) is 0 Å². The lowest BCUT2D eigenvalue weighted by Crippen LogP contribution is -2.39. The summed E-state index contributed by atoms with van der Waals surface area (Å²) in [5.74, 6) is 2.08. The summed E-state index contributed by atoms with van der Waals surface area (Å²) in [6, 6.07) is 0.851. The Morgan fingerprint density at radius 3 is 2.33 bits per heavy atom. The lowest BCUT2D eigenvalue weighted by Gasteiger charge is -2.33. The van der Waals surface area contributed by atoms with Gasteiger partial charge in [0, 0.05) is 6.04 Å². The van der Waals surface area contributed by atoms with Crippen LogP contribution in [0.25, 0.3) is 0 Å². The van der Waals surface area contributed by atoms with Gasteiger partial charge in [-0.25, -0.2) is 0 Å². The molecule has 2 rings (SSSR count). The molecule has 0 aromatic rings. The number of hydrogen-bond donors (Lipinski definition) is 1. The van der Waals surface area contributed by atoms with Gasteiger partial charge < -0.3 is 5.32 Å². The summed E-state index contributed by atoms with van der Waals surface area (Å²) in [4.78, 5) is 0. The van der Waals surface area contributed by atoms with Crippen LogP contribution in [0.2, 0.25) is 0 Å². The molecule has 0 radical (unpaired) electrons. The molecule has 0 bridgehead atoms. The Labute approximate surface area is 95.0 Å². The number of nitrogens with one attached hydrogen (secondary N) is 1. The van der Waals surface area contributed by atoms with Gasteiger partial charge in [-0.15, -0.1) is 0 Å². The van der Waals surface area contributed by atoms with Gasteiger partial charge in [-0.1, -0.05) is 45.4 Å². The Balaban J connectivity index is 1.80. The fourth-order valence-electron chi connectivity index (χ4n) is 3.69. The highest BCUT2D eigenvalue weighted by Gasteiger charge is 2.27. The van der Waals surface area contributed by atoms with Crippen LogP contribution in [0.3, 0.4) is 0 Å². The largest absolute Gasteiger partial charge is 0.314 e. The van der Waals surface area contributed by atoms with Gasteiger partial charge in [-0.05, 0) is 37.6 Å². The van der Waals surface area contributed by atoms with Gasteiger partial charge in [-0.2, -0.15) is 0 Å². The maximum atomic E-state index is 3.71. The van der Waals surface area contributed by atoms with Crippen molar-refractivity contribution in [1.29, 1.82) is 0 Å². The predicted octanol–water partition coefficient (Wildman–Crippen LogP) is 3.74. The Bertz CT molecular complexity index is 170. The highest BCUT2D eigenvalue weighted by atomic mass is 14.9. The van der Waals surface area contributed by atoms with E-state index in [1.54, 1.807) is 0 Å². The van der Waals surface area contributed by atoms with E-state index in [9.17, 15) is 0 Å². The molecule has 0 aromatic carbocycles. The predicted molar refractivity (Wildman–Crippen MR) is 66.0 cm³/mol. The van der Waals surface area contributed by atoms with Crippen LogP contribution >= 0.6 is 0 Å². The van der Waals surface area contributed by atoms with E-state index in [2.05, 4.69) is 12.2 Å². The van der Waals surface area contributed by atoms with Crippen molar-refractivity contribution in [2.24, 2.45) is 11.8 Å². The first-order chi connectivity index (χ1) is 7.40. The van der Waals surface area contributed by atoms with Crippen LogP contribution in [0.15, 0.2) is 0 Å². The van der Waals surface area contributed by atoms with E-state index in [4.69, 9.17) is 0 Å². The summed E-state index contributed by atoms with van der Waals surface area (Å²) in [6.07, 6.45) is 13.5. The van der Waals surface area contributed by atoms with Crippen LogP contribution in [-0.2, 0) is 0 Å². The zero-order valence-electron chi connectivity index (χ0n) is 10.3. The number of rotatable bonds is 4. The van der Waals surface area contributed by atoms with Crippen LogP contribution in [0.1, 0.15) is 64.7 Å². The van der Waals surface area contributed by atoms with E-state index in [-0.39, 0.29) is 0 Å². The molecule has 1 nitrogen and oxygen atoms in total. The summed E-state index contributed by atoms with van der Waals surface area (Å²) >= 11 is 0. The Morgan fingerprint density at radius 2 is 1.60 bits per heavy atom. The molecule has 0 saturated heterocycles. The molecule has 2 fully saturated rings. The molecule has 2 unspecified atom stereocenters. The lowest BCUT2D eigenvalue weighted by molar-refractivity contribution is 0.222. The van der Waals surface area contributed by atoms with E-state index < -0.39 is 0 Å². The van der Waals surface area contributed by atoms with Crippen molar-refractivity contribution in [3.05, 3.63) is 0 Å². The van der Waals surface area contributed by atoms with Gasteiger partial charge in [0.05, 0.1) is 0 Å². The molecule has 0 spiro atoms. The zero-order chi connectivity index (χ0) is 10.5. The first kappa shape index (κ1) is 11.4. The third kappa shape index (κ3) is 3.21. The minimum absolute atomic E-state index is 0.851. The normalized spacial score (nSPS) is 33.4. The van der Waals surface area contributed by atoms with Crippen LogP contribution in [-0.4, -0.2) is 12.6 Å². The van der Waals surface area contributed by atoms with Gasteiger partial charge >= 0.3 is 0 Å². The molecule has 2 saturated carbocycles. The van der Waals surface area contributed by atoms with Crippen LogP contribution in [0.4, 0.5) is 0 Å². The third-order valence-corrected chi connectivity index (χ3v) is 4.49. The van der Waals surface area contributed by atoms with E-state index in [1.165, 1.54) is 57.8 Å². The number of hydrogen-bond acceptors (Lipinski definition) is 1. The molecule has 2 atom stereocenters. The molecule has 1 N–H and O–H groups in total. The van der Waals surface area contributed by atoms with E-state index in [0.717, 1.165) is 24.4 Å². The van der Waals surface area contributed by atoms with Crippen LogP contribution in [0.5, 0.6) is 0 Å². The van der Waals surface area contributed by atoms with Crippen molar-refractivity contribution in [2.45, 2.75) is 70.8 Å². The minimum Gasteiger partial charge on any atom is -0.314 e. The quantitative estimate of drug-likeness (QED) is 0.744. The molecule has 0 aromatic heterocycles. The summed E-state index contributed by atoms with van der Waals surface area (Å²) in [5, 5.41) is 3.71. The minimum atomic E-state index is 0.851. The lowest BCUT2D eigenvalue weighted by atomic mass is 9.78. The van der Waals surface area contributed by atoms with Crippen LogP contribution in [0, 0.1) is 11.8 Å². The average Bonchev–Trinajstić information content (AvgIpc) is 2.74. The second kappa shape index (κ2) is 5.89. The molecular formula is C14H27N. The third-order valence-electron chi connectivity index (χ3n) is 4.49. The first-order valence-corrected chi connectivity index (χ1v) is 7.13. The molecular weight excluding hydrogens is 182 g/mol. The van der Waals surface area contributed by atoms with Crippen molar-refractivity contribution in [2.75, 3.05) is 6.54 Å². The Hall–Kier alpha value is -0.0400. The second-order valence-corrected chi connectivity index (χ2v) is 5.59. The van der Waals surface area contributed by atoms with Crippen molar-refractivity contribution >= 4 is 0 Å². The molecule has 0 aliphatic heterocycles. The van der Waals surface area contributed by atoms with Gasteiger partial charge in [0.25, 0.3) is 0 Å². The monoisotopic (exact) mass is 209 g/mol. The van der Waals surface area contributed by atoms with Gasteiger partial charge in [0.15, 0.2) is 0 Å². The Kier molecular flexibility index (Phi) is 4.49. The van der Waals surface area contributed by atoms with E-state index in [1.807, 2.05) is 0 Å². The summed E-state index contributed by atoms with van der Waals surface area (Å²) in [5.41, 5.74) is 0. The average molecular weight is 209 g/mol. The topological polar surface area (TPSA) is 12.0 Å². The fraction of sp³-hybridized carbons (Fsp3) is 1.00.